The maximum atomic E-state index is 12.2. The van der Waals surface area contributed by atoms with Crippen LogP contribution in [-0.4, -0.2) is 19.3 Å². The van der Waals surface area contributed by atoms with Gasteiger partial charge in [0.2, 0.25) is 0 Å². The summed E-state index contributed by atoms with van der Waals surface area (Å²) in [5.74, 6) is 0.256. The summed E-state index contributed by atoms with van der Waals surface area (Å²) in [7, 11) is 0. The van der Waals surface area contributed by atoms with Gasteiger partial charge in [0.25, 0.3) is 6.43 Å². The highest BCUT2D eigenvalue weighted by Crippen LogP contribution is 2.34. The molecule has 110 valence electrons. The summed E-state index contributed by atoms with van der Waals surface area (Å²) in [5.41, 5.74) is 1.55. The highest BCUT2D eigenvalue weighted by molar-refractivity contribution is 9.10. The Morgan fingerprint density at radius 3 is 2.62 bits per heavy atom. The second-order valence-electron chi connectivity index (χ2n) is 4.19. The monoisotopic (exact) mass is 374 g/mol. The fourth-order valence-corrected chi connectivity index (χ4v) is 2.40. The van der Waals surface area contributed by atoms with Crippen LogP contribution in [0.5, 0.6) is 5.75 Å². The molecule has 2 nitrogen and oxygen atoms in total. The molecule has 0 bridgehead atoms. The minimum absolute atomic E-state index is 0.256. The van der Waals surface area contributed by atoms with Gasteiger partial charge in [-0.25, -0.2) is 8.78 Å². The van der Waals surface area contributed by atoms with Crippen molar-refractivity contribution in [2.45, 2.75) is 6.43 Å². The van der Waals surface area contributed by atoms with Gasteiger partial charge in [0, 0.05) is 20.6 Å². The number of rotatable bonds is 5. The molecule has 0 amide bonds. The Labute approximate surface area is 133 Å². The van der Waals surface area contributed by atoms with E-state index in [1.165, 1.54) is 18.2 Å². The fourth-order valence-electron chi connectivity index (χ4n) is 1.82. The van der Waals surface area contributed by atoms with Crippen LogP contribution in [0.1, 0.15) is 10.4 Å². The van der Waals surface area contributed by atoms with Crippen molar-refractivity contribution in [3.05, 3.63) is 51.5 Å². The van der Waals surface area contributed by atoms with Gasteiger partial charge in [-0.15, -0.1) is 0 Å². The average Bonchev–Trinajstić information content (AvgIpc) is 2.47. The van der Waals surface area contributed by atoms with Crippen LogP contribution < -0.4 is 4.74 Å². The standard InChI is InChI=1S/C15H10BrClF2O2/c16-10-2-4-14(17)13(5-10)12-6-11(21-8-15(18)19)3-1-9(12)7-20/h1-7,15H,8H2. The third-order valence-electron chi connectivity index (χ3n) is 2.75. The summed E-state index contributed by atoms with van der Waals surface area (Å²) < 4.78 is 30.2. The molecule has 2 aromatic rings. The van der Waals surface area contributed by atoms with Gasteiger partial charge in [0.15, 0.2) is 6.29 Å². The molecule has 0 saturated carbocycles. The first-order chi connectivity index (χ1) is 10.0. The molecule has 0 N–H and O–H groups in total. The first kappa shape index (κ1) is 15.9. The van der Waals surface area contributed by atoms with Crippen LogP contribution in [0.3, 0.4) is 0 Å². The molecule has 2 aromatic carbocycles. The molecule has 0 fully saturated rings. The number of benzene rings is 2. The molecule has 2 rings (SSSR count). The predicted octanol–water partition coefficient (Wildman–Crippen LogP) is 5.23. The van der Waals surface area contributed by atoms with Gasteiger partial charge in [-0.1, -0.05) is 27.5 Å². The number of ether oxygens (including phenoxy) is 1. The summed E-state index contributed by atoms with van der Waals surface area (Å²) in [6.07, 6.45) is -1.88. The zero-order valence-corrected chi connectivity index (χ0v) is 13.0. The Kier molecular flexibility index (Phi) is 5.31. The molecule has 0 radical (unpaired) electrons. The molecule has 0 unspecified atom stereocenters. The first-order valence-corrected chi connectivity index (χ1v) is 7.14. The van der Waals surface area contributed by atoms with E-state index in [9.17, 15) is 13.6 Å². The van der Waals surface area contributed by atoms with Gasteiger partial charge in [0.1, 0.15) is 12.4 Å². The smallest absolute Gasteiger partial charge is 0.272 e. The molecule has 0 atom stereocenters. The summed E-state index contributed by atoms with van der Waals surface area (Å²) >= 11 is 9.47. The lowest BCUT2D eigenvalue weighted by Gasteiger charge is -2.11. The quantitative estimate of drug-likeness (QED) is 0.669. The summed E-state index contributed by atoms with van der Waals surface area (Å²) in [6.45, 7) is -0.702. The van der Waals surface area contributed by atoms with E-state index in [0.29, 0.717) is 28.0 Å². The Bertz CT molecular complexity index is 662. The van der Waals surface area contributed by atoms with Gasteiger partial charge < -0.3 is 4.74 Å². The van der Waals surface area contributed by atoms with Gasteiger partial charge in [-0.2, -0.15) is 0 Å². The highest BCUT2D eigenvalue weighted by atomic mass is 79.9. The topological polar surface area (TPSA) is 26.3 Å². The number of carbonyl (C=O) groups is 1. The lowest BCUT2D eigenvalue weighted by molar-refractivity contribution is 0.0819. The molecule has 6 heteroatoms. The molecule has 0 aliphatic carbocycles. The highest BCUT2D eigenvalue weighted by Gasteiger charge is 2.12. The number of aldehydes is 1. The molecule has 0 aromatic heterocycles. The average molecular weight is 376 g/mol. The molecule has 0 saturated heterocycles. The van der Waals surface area contributed by atoms with Crippen molar-refractivity contribution in [3.63, 3.8) is 0 Å². The Morgan fingerprint density at radius 1 is 1.19 bits per heavy atom. The van der Waals surface area contributed by atoms with Crippen molar-refractivity contribution in [1.29, 1.82) is 0 Å². The van der Waals surface area contributed by atoms with Crippen LogP contribution in [0.25, 0.3) is 11.1 Å². The second-order valence-corrected chi connectivity index (χ2v) is 5.52. The van der Waals surface area contributed by atoms with Crippen LogP contribution in [0.15, 0.2) is 40.9 Å². The van der Waals surface area contributed by atoms with E-state index in [0.717, 1.165) is 4.47 Å². The van der Waals surface area contributed by atoms with Crippen LogP contribution in [0.2, 0.25) is 5.02 Å². The second kappa shape index (κ2) is 7.00. The zero-order valence-electron chi connectivity index (χ0n) is 10.7. The zero-order chi connectivity index (χ0) is 15.4. The maximum absolute atomic E-state index is 12.2. The van der Waals surface area contributed by atoms with E-state index in [1.54, 1.807) is 18.2 Å². The molecular formula is C15H10BrClF2O2. The molecule has 21 heavy (non-hydrogen) atoms. The summed E-state index contributed by atoms with van der Waals surface area (Å²) in [6, 6.07) is 9.72. The van der Waals surface area contributed by atoms with Gasteiger partial charge in [-0.3, -0.25) is 4.79 Å². The van der Waals surface area contributed by atoms with E-state index in [4.69, 9.17) is 16.3 Å². The van der Waals surface area contributed by atoms with Crippen LogP contribution in [0.4, 0.5) is 8.78 Å². The van der Waals surface area contributed by atoms with Crippen molar-refractivity contribution in [1.82, 2.24) is 0 Å². The molecule has 0 heterocycles. The molecule has 0 aliphatic rings. The Morgan fingerprint density at radius 2 is 1.95 bits per heavy atom. The van der Waals surface area contributed by atoms with E-state index in [-0.39, 0.29) is 5.75 Å². The maximum Gasteiger partial charge on any atom is 0.272 e. The minimum Gasteiger partial charge on any atom is -0.488 e. The van der Waals surface area contributed by atoms with Gasteiger partial charge in [-0.05, 0) is 42.0 Å². The van der Waals surface area contributed by atoms with E-state index >= 15 is 0 Å². The number of hydrogen-bond acceptors (Lipinski definition) is 2. The van der Waals surface area contributed by atoms with Crippen molar-refractivity contribution in [3.8, 4) is 16.9 Å². The van der Waals surface area contributed by atoms with Gasteiger partial charge in [0.05, 0.1) is 0 Å². The van der Waals surface area contributed by atoms with Crippen molar-refractivity contribution in [2.75, 3.05) is 6.61 Å². The Hall–Kier alpha value is -1.46. The van der Waals surface area contributed by atoms with Crippen molar-refractivity contribution in [2.24, 2.45) is 0 Å². The first-order valence-electron chi connectivity index (χ1n) is 5.97. The SMILES string of the molecule is O=Cc1ccc(OCC(F)F)cc1-c1cc(Br)ccc1Cl. The minimum atomic E-state index is -2.56. The van der Waals surface area contributed by atoms with Crippen LogP contribution >= 0.6 is 27.5 Å². The fraction of sp³-hybridized carbons (Fsp3) is 0.133. The van der Waals surface area contributed by atoms with Crippen LogP contribution in [-0.2, 0) is 0 Å². The lowest BCUT2D eigenvalue weighted by Crippen LogP contribution is -2.07. The summed E-state index contributed by atoms with van der Waals surface area (Å²) in [4.78, 5) is 11.2. The molecule has 0 aliphatic heterocycles. The Balaban J connectivity index is 2.47. The number of halogens is 4. The number of carbonyl (C=O) groups excluding carboxylic acids is 1. The van der Waals surface area contributed by atoms with E-state index < -0.39 is 13.0 Å². The van der Waals surface area contributed by atoms with Gasteiger partial charge >= 0.3 is 0 Å². The van der Waals surface area contributed by atoms with Crippen molar-refractivity contribution < 1.29 is 18.3 Å². The van der Waals surface area contributed by atoms with E-state index in [1.807, 2.05) is 0 Å². The van der Waals surface area contributed by atoms with Crippen LogP contribution in [0, 0.1) is 0 Å². The van der Waals surface area contributed by atoms with E-state index in [2.05, 4.69) is 15.9 Å². The lowest BCUT2D eigenvalue weighted by atomic mass is 10.00. The molecular weight excluding hydrogens is 366 g/mol. The summed E-state index contributed by atoms with van der Waals surface area (Å²) in [5, 5.41) is 0.451. The predicted molar refractivity (Wildman–Crippen MR) is 81.5 cm³/mol. The largest absolute Gasteiger partial charge is 0.488 e. The van der Waals surface area contributed by atoms with Crippen molar-refractivity contribution >= 4 is 33.8 Å². The third-order valence-corrected chi connectivity index (χ3v) is 3.57. The third kappa shape index (κ3) is 4.02. The normalized spacial score (nSPS) is 10.7. The number of hydrogen-bond donors (Lipinski definition) is 0. The molecule has 0 spiro atoms. The number of alkyl halides is 2.